The number of nitrogens with zero attached hydrogens (tertiary/aromatic N) is 1. The molecule has 0 fully saturated rings. The number of carbonyl (C=O) groups excluding carboxylic acids is 2. The highest BCUT2D eigenvalue weighted by Crippen LogP contribution is 2.38. The number of allylic oxidation sites excluding steroid dienone is 7. The number of esters is 1. The summed E-state index contributed by atoms with van der Waals surface area (Å²) in [4.78, 5) is 39.9. The van der Waals surface area contributed by atoms with E-state index >= 15 is 0 Å². The van der Waals surface area contributed by atoms with Crippen molar-refractivity contribution >= 4 is 19.7 Å². The first-order valence-electron chi connectivity index (χ1n) is 32.9. The van der Waals surface area contributed by atoms with E-state index < -0.39 is 32.5 Å². The molecule has 452 valence electrons. The number of unbranched alkanes of at least 4 members (excludes halogenated alkanes) is 38. The van der Waals surface area contributed by atoms with Gasteiger partial charge in [0.05, 0.1) is 33.8 Å². The standard InChI is InChI=1S/C67H127N2O7P/c1-7-10-13-16-19-22-25-27-28-29-30-31-32-33-34-35-36-37-38-39-40-42-44-47-50-53-56-59-66(70)68-64(63-75-77(72,73)74-62-61-69(4,5)6)65(58-55-52-49-46-43-24-21-18-15-12-9-3)76-67(71)60-57-54-51-48-45-41-26-23-20-17-14-11-8-2/h27-28,41,45,51,54-55,58,64-65H,7-26,29-40,42-44,46-50,52-53,56-57,59-63H2,1-6H3,(H-,68,70,72,73)/b28-27+,45-41-,54-51+,58-55-. The van der Waals surface area contributed by atoms with Gasteiger partial charge in [0.25, 0.3) is 7.82 Å². The second kappa shape index (κ2) is 57.2. The van der Waals surface area contributed by atoms with Crippen molar-refractivity contribution in [3.8, 4) is 0 Å². The number of phosphoric acid groups is 1. The first-order valence-corrected chi connectivity index (χ1v) is 34.4. The molecule has 0 bridgehead atoms. The zero-order valence-corrected chi connectivity index (χ0v) is 52.6. The molecule has 3 atom stereocenters. The molecule has 0 aliphatic rings. The Kier molecular flexibility index (Phi) is 55.7. The number of phosphoric ester groups is 1. The minimum Gasteiger partial charge on any atom is -0.756 e. The summed E-state index contributed by atoms with van der Waals surface area (Å²) < 4.78 is 30.2. The zero-order valence-electron chi connectivity index (χ0n) is 51.7. The van der Waals surface area contributed by atoms with Crippen LogP contribution in [0.3, 0.4) is 0 Å². The maximum atomic E-state index is 13.5. The third-order valence-electron chi connectivity index (χ3n) is 14.7. The SMILES string of the molecule is CCCCCCCC/C=C\C/C=C/CCC(=O)OC(/C=C\CCCCCCCCCCC)C(COP(=O)([O-])OCC[N+](C)(C)C)NC(=O)CCCCCCCCCCCCCCCCCCC/C=C/CCCCCCCC. The van der Waals surface area contributed by atoms with Gasteiger partial charge in [0, 0.05) is 12.8 Å². The van der Waals surface area contributed by atoms with Crippen molar-refractivity contribution < 1.29 is 37.3 Å². The Bertz CT molecular complexity index is 1460. The van der Waals surface area contributed by atoms with Crippen molar-refractivity contribution in [2.45, 2.75) is 328 Å². The summed E-state index contributed by atoms with van der Waals surface area (Å²) in [6.45, 7) is 6.82. The molecule has 77 heavy (non-hydrogen) atoms. The number of hydrogen-bond acceptors (Lipinski definition) is 7. The Morgan fingerprint density at radius 1 is 0.455 bits per heavy atom. The van der Waals surface area contributed by atoms with Crippen LogP contribution in [0, 0.1) is 0 Å². The van der Waals surface area contributed by atoms with E-state index in [9.17, 15) is 19.0 Å². The molecule has 3 unspecified atom stereocenters. The van der Waals surface area contributed by atoms with E-state index in [1.807, 2.05) is 39.4 Å². The van der Waals surface area contributed by atoms with Gasteiger partial charge < -0.3 is 28.5 Å². The Labute approximate surface area is 478 Å². The van der Waals surface area contributed by atoms with Crippen molar-refractivity contribution in [1.29, 1.82) is 0 Å². The molecule has 0 aliphatic carbocycles. The lowest BCUT2D eigenvalue weighted by Crippen LogP contribution is -2.47. The molecule has 1 amide bonds. The lowest BCUT2D eigenvalue weighted by Gasteiger charge is -2.30. The minimum absolute atomic E-state index is 0.0286. The van der Waals surface area contributed by atoms with E-state index in [0.29, 0.717) is 23.9 Å². The lowest BCUT2D eigenvalue weighted by molar-refractivity contribution is -0.870. The molecule has 0 aromatic carbocycles. The van der Waals surface area contributed by atoms with Crippen molar-refractivity contribution in [2.24, 2.45) is 0 Å². The molecule has 0 radical (unpaired) electrons. The van der Waals surface area contributed by atoms with Crippen molar-refractivity contribution in [3.63, 3.8) is 0 Å². The normalized spacial score (nSPS) is 13.9. The van der Waals surface area contributed by atoms with E-state index in [1.165, 1.54) is 225 Å². The maximum Gasteiger partial charge on any atom is 0.306 e. The molecular formula is C67H127N2O7P. The Morgan fingerprint density at radius 2 is 0.805 bits per heavy atom. The lowest BCUT2D eigenvalue weighted by atomic mass is 10.0. The molecular weight excluding hydrogens is 976 g/mol. The zero-order chi connectivity index (χ0) is 56.4. The first-order chi connectivity index (χ1) is 37.4. The minimum atomic E-state index is -4.71. The quantitative estimate of drug-likeness (QED) is 0.0212. The van der Waals surface area contributed by atoms with Gasteiger partial charge in [-0.15, -0.1) is 0 Å². The number of ether oxygens (including phenoxy) is 1. The maximum absolute atomic E-state index is 13.5. The molecule has 9 nitrogen and oxygen atoms in total. The van der Waals surface area contributed by atoms with Gasteiger partial charge in [-0.1, -0.05) is 275 Å². The third kappa shape index (κ3) is 58.4. The molecule has 0 aliphatic heterocycles. The van der Waals surface area contributed by atoms with Crippen LogP contribution in [-0.2, 0) is 27.9 Å². The second-order valence-electron chi connectivity index (χ2n) is 23.6. The van der Waals surface area contributed by atoms with Crippen molar-refractivity contribution in [3.05, 3.63) is 48.6 Å². The third-order valence-corrected chi connectivity index (χ3v) is 15.7. The fourth-order valence-corrected chi connectivity index (χ4v) is 10.4. The second-order valence-corrected chi connectivity index (χ2v) is 25.0. The van der Waals surface area contributed by atoms with Crippen LogP contribution in [0.15, 0.2) is 48.6 Å². The summed E-state index contributed by atoms with van der Waals surface area (Å²) in [5.41, 5.74) is 0. The molecule has 0 saturated heterocycles. The van der Waals surface area contributed by atoms with Crippen LogP contribution in [0.4, 0.5) is 0 Å². The van der Waals surface area contributed by atoms with E-state index in [1.54, 1.807) is 0 Å². The molecule has 1 N–H and O–H groups in total. The van der Waals surface area contributed by atoms with Gasteiger partial charge in [-0.05, 0) is 76.7 Å². The molecule has 10 heteroatoms. The van der Waals surface area contributed by atoms with Gasteiger partial charge in [-0.3, -0.25) is 14.2 Å². The van der Waals surface area contributed by atoms with Gasteiger partial charge in [0.15, 0.2) is 0 Å². The largest absolute Gasteiger partial charge is 0.756 e. The molecule has 0 spiro atoms. The van der Waals surface area contributed by atoms with Crippen molar-refractivity contribution in [1.82, 2.24) is 5.32 Å². The van der Waals surface area contributed by atoms with Gasteiger partial charge in [0.2, 0.25) is 5.91 Å². The van der Waals surface area contributed by atoms with Gasteiger partial charge in [0.1, 0.15) is 19.3 Å². The van der Waals surface area contributed by atoms with Gasteiger partial charge >= 0.3 is 5.97 Å². The fraction of sp³-hybridized carbons (Fsp3) is 0.851. The summed E-state index contributed by atoms with van der Waals surface area (Å²) in [6.07, 6.45) is 71.2. The summed E-state index contributed by atoms with van der Waals surface area (Å²) >= 11 is 0. The van der Waals surface area contributed by atoms with Crippen molar-refractivity contribution in [2.75, 3.05) is 40.9 Å². The van der Waals surface area contributed by atoms with Gasteiger partial charge in [-0.25, -0.2) is 0 Å². The smallest absolute Gasteiger partial charge is 0.306 e. The van der Waals surface area contributed by atoms with Crippen LogP contribution >= 0.6 is 7.82 Å². The number of amides is 1. The number of likely N-dealkylation sites (N-methyl/N-ethyl adjacent to an activating group) is 1. The summed E-state index contributed by atoms with van der Waals surface area (Å²) in [5.74, 6) is -0.609. The molecule has 0 heterocycles. The Hall–Kier alpha value is -2.03. The van der Waals surface area contributed by atoms with E-state index in [2.05, 4.69) is 56.5 Å². The number of quaternary nitrogens is 1. The number of hydrogen-bond donors (Lipinski definition) is 1. The fourth-order valence-electron chi connectivity index (χ4n) is 9.63. The van der Waals surface area contributed by atoms with Crippen LogP contribution in [0.1, 0.15) is 316 Å². The predicted octanol–water partition coefficient (Wildman–Crippen LogP) is 19.8. The number of rotatable bonds is 60. The summed E-state index contributed by atoms with van der Waals surface area (Å²) in [6, 6.07) is -0.908. The van der Waals surface area contributed by atoms with E-state index in [0.717, 1.165) is 51.4 Å². The number of nitrogens with one attached hydrogen (secondary N) is 1. The van der Waals surface area contributed by atoms with Gasteiger partial charge in [-0.2, -0.15) is 0 Å². The summed E-state index contributed by atoms with van der Waals surface area (Å²) in [5, 5.41) is 3.02. The van der Waals surface area contributed by atoms with Crippen LogP contribution in [-0.4, -0.2) is 69.4 Å². The van der Waals surface area contributed by atoms with Crippen LogP contribution in [0.5, 0.6) is 0 Å². The highest BCUT2D eigenvalue weighted by atomic mass is 31.2. The summed E-state index contributed by atoms with van der Waals surface area (Å²) in [7, 11) is 1.17. The molecule has 0 aromatic rings. The highest BCUT2D eigenvalue weighted by Gasteiger charge is 2.27. The molecule has 0 aromatic heterocycles. The highest BCUT2D eigenvalue weighted by molar-refractivity contribution is 7.45. The average Bonchev–Trinajstić information content (AvgIpc) is 3.39. The van der Waals surface area contributed by atoms with Crippen LogP contribution in [0.2, 0.25) is 0 Å². The number of carbonyl (C=O) groups is 2. The first kappa shape index (κ1) is 75.0. The van der Waals surface area contributed by atoms with E-state index in [4.69, 9.17) is 13.8 Å². The van der Waals surface area contributed by atoms with E-state index in [-0.39, 0.29) is 18.9 Å². The average molecular weight is 1100 g/mol. The topological polar surface area (TPSA) is 114 Å². The Morgan fingerprint density at radius 3 is 1.21 bits per heavy atom. The Balaban J connectivity index is 4.99. The molecule has 0 rings (SSSR count). The van der Waals surface area contributed by atoms with Crippen LogP contribution in [0.25, 0.3) is 0 Å². The van der Waals surface area contributed by atoms with Crippen LogP contribution < -0.4 is 10.2 Å². The molecule has 0 saturated carbocycles. The predicted molar refractivity (Wildman–Crippen MR) is 330 cm³/mol. The monoisotopic (exact) mass is 1100 g/mol.